The monoisotopic (exact) mass is 333 g/mol. The maximum absolute atomic E-state index is 11.6. The summed E-state index contributed by atoms with van der Waals surface area (Å²) in [5, 5.41) is 11.4. The highest BCUT2D eigenvalue weighted by Crippen LogP contribution is 2.27. The van der Waals surface area contributed by atoms with Gasteiger partial charge in [0.25, 0.3) is 0 Å². The molecule has 1 aliphatic carbocycles. The van der Waals surface area contributed by atoms with Crippen molar-refractivity contribution in [3.8, 4) is 0 Å². The van der Waals surface area contributed by atoms with Crippen molar-refractivity contribution in [3.63, 3.8) is 0 Å². The average Bonchev–Trinajstić information content (AvgIpc) is 2.40. The van der Waals surface area contributed by atoms with E-state index >= 15 is 0 Å². The van der Waals surface area contributed by atoms with E-state index in [0.717, 1.165) is 12.8 Å². The molecule has 0 heterocycles. The van der Waals surface area contributed by atoms with Gasteiger partial charge in [-0.3, -0.25) is 0 Å². The van der Waals surface area contributed by atoms with E-state index in [2.05, 4.69) is 5.32 Å². The van der Waals surface area contributed by atoms with Crippen molar-refractivity contribution in [2.75, 3.05) is 46.2 Å². The quantitative estimate of drug-likeness (QED) is 0.555. The Morgan fingerprint density at radius 3 is 2.17 bits per heavy atom. The molecule has 1 fully saturated rings. The molecule has 0 aromatic carbocycles. The Labute approximate surface area is 138 Å². The summed E-state index contributed by atoms with van der Waals surface area (Å²) >= 11 is 0. The van der Waals surface area contributed by atoms with Crippen molar-refractivity contribution in [2.24, 2.45) is 5.92 Å². The van der Waals surface area contributed by atoms with Crippen LogP contribution < -0.4 is 5.32 Å². The summed E-state index contributed by atoms with van der Waals surface area (Å²) in [6, 6.07) is 0.193. The number of hydrogen-bond donors (Lipinski definition) is 2. The summed E-state index contributed by atoms with van der Waals surface area (Å²) in [4.78, 5) is 11.6. The first-order valence-corrected chi connectivity index (χ1v) is 8.24. The summed E-state index contributed by atoms with van der Waals surface area (Å²) in [7, 11) is 0. The zero-order valence-electron chi connectivity index (χ0n) is 14.5. The lowest BCUT2D eigenvalue weighted by Gasteiger charge is -2.35. The first kappa shape index (κ1) is 20.2. The van der Waals surface area contributed by atoms with Crippen LogP contribution in [0.2, 0.25) is 0 Å². The molecule has 0 saturated heterocycles. The minimum Gasteiger partial charge on any atom is -0.444 e. The number of aliphatic hydroxyl groups is 1. The lowest BCUT2D eigenvalue weighted by Crippen LogP contribution is -2.47. The molecule has 0 radical (unpaired) electrons. The minimum absolute atomic E-state index is 0.0360. The molecule has 1 rings (SSSR count). The second-order valence-electron chi connectivity index (χ2n) is 6.70. The Bertz CT molecular complexity index is 325. The fourth-order valence-electron chi connectivity index (χ4n) is 2.22. The number of ether oxygens (including phenoxy) is 4. The van der Waals surface area contributed by atoms with Crippen molar-refractivity contribution in [1.29, 1.82) is 0 Å². The van der Waals surface area contributed by atoms with Crippen LogP contribution in [-0.4, -0.2) is 69.1 Å². The van der Waals surface area contributed by atoms with Crippen molar-refractivity contribution in [2.45, 2.75) is 45.3 Å². The number of amides is 1. The second kappa shape index (κ2) is 10.8. The first-order valence-electron chi connectivity index (χ1n) is 8.24. The molecule has 1 saturated carbocycles. The summed E-state index contributed by atoms with van der Waals surface area (Å²) in [6.45, 7) is 8.72. The molecule has 0 spiro atoms. The molecule has 0 bridgehead atoms. The maximum atomic E-state index is 11.6. The van der Waals surface area contributed by atoms with E-state index in [-0.39, 0.29) is 18.7 Å². The first-order chi connectivity index (χ1) is 10.9. The molecule has 1 aliphatic rings. The zero-order chi connectivity index (χ0) is 17.1. The number of carbonyl (C=O) groups is 1. The number of alkyl carbamates (subject to hydrolysis) is 1. The highest BCUT2D eigenvalue weighted by molar-refractivity contribution is 5.68. The third kappa shape index (κ3) is 10.5. The fraction of sp³-hybridized carbons (Fsp3) is 0.938. The minimum atomic E-state index is -0.459. The van der Waals surface area contributed by atoms with Crippen LogP contribution in [0, 0.1) is 5.92 Å². The van der Waals surface area contributed by atoms with Crippen molar-refractivity contribution in [1.82, 2.24) is 5.32 Å². The molecule has 0 aromatic rings. The van der Waals surface area contributed by atoms with Gasteiger partial charge in [-0.05, 0) is 39.5 Å². The molecule has 7 heteroatoms. The average molecular weight is 333 g/mol. The van der Waals surface area contributed by atoms with Gasteiger partial charge in [0.15, 0.2) is 0 Å². The topological polar surface area (TPSA) is 86.3 Å². The summed E-state index contributed by atoms with van der Waals surface area (Å²) in [5.41, 5.74) is -0.459. The predicted molar refractivity (Wildman–Crippen MR) is 85.4 cm³/mol. The van der Waals surface area contributed by atoms with Crippen molar-refractivity contribution < 1.29 is 28.8 Å². The molecule has 0 atom stereocenters. The maximum Gasteiger partial charge on any atom is 0.407 e. The lowest BCUT2D eigenvalue weighted by molar-refractivity contribution is -0.00853. The normalized spacial score (nSPS) is 20.9. The van der Waals surface area contributed by atoms with Gasteiger partial charge in [-0.2, -0.15) is 0 Å². The third-order valence-electron chi connectivity index (χ3n) is 3.29. The Kier molecular flexibility index (Phi) is 9.47. The largest absolute Gasteiger partial charge is 0.444 e. The van der Waals surface area contributed by atoms with Crippen molar-refractivity contribution >= 4 is 6.09 Å². The number of rotatable bonds is 11. The molecule has 7 nitrogen and oxygen atoms in total. The number of carbonyl (C=O) groups excluding carboxylic acids is 1. The number of aliphatic hydroxyl groups excluding tert-OH is 1. The highest BCUT2D eigenvalue weighted by atomic mass is 16.6. The van der Waals surface area contributed by atoms with E-state index in [1.807, 2.05) is 20.8 Å². The van der Waals surface area contributed by atoms with Gasteiger partial charge in [0, 0.05) is 12.6 Å². The van der Waals surface area contributed by atoms with Crippen LogP contribution in [0.4, 0.5) is 4.79 Å². The van der Waals surface area contributed by atoms with Crippen LogP contribution >= 0.6 is 0 Å². The van der Waals surface area contributed by atoms with Gasteiger partial charge >= 0.3 is 6.09 Å². The predicted octanol–water partition coefficient (Wildman–Crippen LogP) is 1.33. The lowest BCUT2D eigenvalue weighted by atomic mass is 9.81. The molecular weight excluding hydrogens is 302 g/mol. The van der Waals surface area contributed by atoms with Crippen LogP contribution in [0.5, 0.6) is 0 Å². The van der Waals surface area contributed by atoms with Gasteiger partial charge in [-0.25, -0.2) is 4.79 Å². The van der Waals surface area contributed by atoms with Gasteiger partial charge in [0.05, 0.1) is 39.6 Å². The van der Waals surface area contributed by atoms with Crippen LogP contribution in [0.25, 0.3) is 0 Å². The van der Waals surface area contributed by atoms with E-state index < -0.39 is 5.60 Å². The van der Waals surface area contributed by atoms with E-state index in [0.29, 0.717) is 45.6 Å². The van der Waals surface area contributed by atoms with Crippen LogP contribution in [0.3, 0.4) is 0 Å². The van der Waals surface area contributed by atoms with Gasteiger partial charge in [0.2, 0.25) is 0 Å². The molecule has 2 N–H and O–H groups in total. The molecule has 0 aliphatic heterocycles. The summed E-state index contributed by atoms with van der Waals surface area (Å²) in [5.74, 6) is 0.489. The molecule has 23 heavy (non-hydrogen) atoms. The van der Waals surface area contributed by atoms with Crippen LogP contribution in [-0.2, 0) is 18.9 Å². The summed E-state index contributed by atoms with van der Waals surface area (Å²) < 4.78 is 21.2. The van der Waals surface area contributed by atoms with E-state index in [9.17, 15) is 4.79 Å². The van der Waals surface area contributed by atoms with E-state index in [1.54, 1.807) is 0 Å². The van der Waals surface area contributed by atoms with Crippen molar-refractivity contribution in [3.05, 3.63) is 0 Å². The highest BCUT2D eigenvalue weighted by Gasteiger charge is 2.31. The molecular formula is C16H31NO6. The summed E-state index contributed by atoms with van der Waals surface area (Å²) in [6.07, 6.45) is 1.50. The van der Waals surface area contributed by atoms with E-state index in [4.69, 9.17) is 24.1 Å². The number of hydrogen-bond acceptors (Lipinski definition) is 6. The van der Waals surface area contributed by atoms with Gasteiger partial charge in [-0.15, -0.1) is 0 Å². The van der Waals surface area contributed by atoms with Gasteiger partial charge in [-0.1, -0.05) is 0 Å². The Hall–Kier alpha value is -0.890. The molecule has 0 unspecified atom stereocenters. The Balaban J connectivity index is 1.88. The Morgan fingerprint density at radius 2 is 1.61 bits per heavy atom. The Morgan fingerprint density at radius 1 is 1.04 bits per heavy atom. The molecule has 0 aromatic heterocycles. The molecule has 136 valence electrons. The third-order valence-corrected chi connectivity index (χ3v) is 3.29. The molecule has 1 amide bonds. The van der Waals surface area contributed by atoms with Crippen LogP contribution in [0.15, 0.2) is 0 Å². The second-order valence-corrected chi connectivity index (χ2v) is 6.70. The van der Waals surface area contributed by atoms with Crippen LogP contribution in [0.1, 0.15) is 33.6 Å². The van der Waals surface area contributed by atoms with E-state index in [1.165, 1.54) is 0 Å². The standard InChI is InChI=1S/C16H31NO6/c1-16(2,3)23-15(19)17-14-10-13(11-14)12-22-9-8-21-7-6-20-5-4-18/h13-14,18H,4-12H2,1-3H3,(H,17,19). The fourth-order valence-corrected chi connectivity index (χ4v) is 2.22. The number of nitrogens with one attached hydrogen (secondary N) is 1. The van der Waals surface area contributed by atoms with Gasteiger partial charge < -0.3 is 29.4 Å². The zero-order valence-corrected chi connectivity index (χ0v) is 14.5. The van der Waals surface area contributed by atoms with Gasteiger partial charge in [0.1, 0.15) is 5.60 Å². The SMILES string of the molecule is CC(C)(C)OC(=O)NC1CC(COCCOCCOCCO)C1. The smallest absolute Gasteiger partial charge is 0.407 e.